The quantitative estimate of drug-likeness (QED) is 0.230. The number of piperidine rings is 1. The molecular weight excluding hydrogens is 674 g/mol. The number of carbonyl (C=O) groups excluding carboxylic acids is 1. The summed E-state index contributed by atoms with van der Waals surface area (Å²) < 4.78 is 94.0. The van der Waals surface area contributed by atoms with Crippen molar-refractivity contribution in [3.8, 4) is 5.88 Å². The Morgan fingerprint density at radius 2 is 1.68 bits per heavy atom. The number of rotatable bonds is 9. The molecule has 2 aliphatic heterocycles. The van der Waals surface area contributed by atoms with Gasteiger partial charge in [0.1, 0.15) is 0 Å². The fourth-order valence-corrected chi connectivity index (χ4v) is 6.41. The molecule has 1 saturated heterocycles. The fourth-order valence-electron chi connectivity index (χ4n) is 6.41. The van der Waals surface area contributed by atoms with Crippen molar-refractivity contribution in [3.63, 3.8) is 0 Å². The lowest BCUT2D eigenvalue weighted by molar-refractivity contribution is -0.143. The lowest BCUT2D eigenvalue weighted by atomic mass is 9.92. The number of amides is 1. The number of aliphatic carboxylic acids is 1. The van der Waals surface area contributed by atoms with Crippen molar-refractivity contribution in [1.29, 1.82) is 0 Å². The van der Waals surface area contributed by atoms with Gasteiger partial charge < -0.3 is 24.4 Å². The van der Waals surface area contributed by atoms with Crippen LogP contribution in [0.25, 0.3) is 0 Å². The van der Waals surface area contributed by atoms with E-state index in [0.29, 0.717) is 49.3 Å². The summed E-state index contributed by atoms with van der Waals surface area (Å²) in [6.07, 6.45) is -6.23. The van der Waals surface area contributed by atoms with Crippen LogP contribution in [0.4, 0.5) is 48.5 Å². The monoisotopic (exact) mass is 710 g/mol. The molecule has 2 unspecified atom stereocenters. The Kier molecular flexibility index (Phi) is 10.6. The van der Waals surface area contributed by atoms with E-state index < -0.39 is 60.1 Å². The van der Waals surface area contributed by atoms with Crippen molar-refractivity contribution in [1.82, 2.24) is 15.0 Å². The molecule has 1 N–H and O–H groups in total. The van der Waals surface area contributed by atoms with Crippen molar-refractivity contribution in [2.45, 2.75) is 70.5 Å². The number of anilines is 3. The lowest BCUT2D eigenvalue weighted by Crippen LogP contribution is -2.48. The third-order valence-electron chi connectivity index (χ3n) is 8.85. The van der Waals surface area contributed by atoms with Crippen molar-refractivity contribution < 1.29 is 50.5 Å². The molecule has 17 heteroatoms. The van der Waals surface area contributed by atoms with Gasteiger partial charge in [0.15, 0.2) is 0 Å². The molecule has 11 nitrogen and oxygen atoms in total. The van der Waals surface area contributed by atoms with E-state index >= 15 is 0 Å². The first kappa shape index (κ1) is 36.5. The Morgan fingerprint density at radius 3 is 2.24 bits per heavy atom. The average Bonchev–Trinajstić information content (AvgIpc) is 3.09. The summed E-state index contributed by atoms with van der Waals surface area (Å²) in [5.74, 6) is -1.41. The normalized spacial score (nSPS) is 19.5. The van der Waals surface area contributed by atoms with Gasteiger partial charge in [-0.05, 0) is 62.4 Å². The predicted molar refractivity (Wildman–Crippen MR) is 169 cm³/mol. The van der Waals surface area contributed by atoms with E-state index in [0.717, 1.165) is 0 Å². The summed E-state index contributed by atoms with van der Waals surface area (Å²) in [4.78, 5) is 43.2. The molecule has 2 aliphatic rings. The third-order valence-corrected chi connectivity index (χ3v) is 8.85. The third kappa shape index (κ3) is 7.81. The van der Waals surface area contributed by atoms with Gasteiger partial charge in [-0.15, -0.1) is 0 Å². The van der Waals surface area contributed by atoms with Crippen LogP contribution in [0.2, 0.25) is 0 Å². The number of methoxy groups -OCH3 is 1. The molecule has 270 valence electrons. The molecule has 2 aromatic heterocycles. The number of benzene rings is 1. The van der Waals surface area contributed by atoms with Crippen LogP contribution >= 0.6 is 0 Å². The van der Waals surface area contributed by atoms with Crippen molar-refractivity contribution >= 4 is 29.4 Å². The number of pyridine rings is 1. The number of hydrogen-bond donors (Lipinski definition) is 1. The zero-order valence-corrected chi connectivity index (χ0v) is 27.5. The highest BCUT2D eigenvalue weighted by Crippen LogP contribution is 2.44. The number of carboxylic acids is 1. The Labute approximate surface area is 283 Å². The van der Waals surface area contributed by atoms with Crippen LogP contribution in [0.3, 0.4) is 0 Å². The summed E-state index contributed by atoms with van der Waals surface area (Å²) in [5.41, 5.74) is -2.19. The molecule has 5 rings (SSSR count). The second-order valence-corrected chi connectivity index (χ2v) is 12.0. The Morgan fingerprint density at radius 1 is 1.02 bits per heavy atom. The van der Waals surface area contributed by atoms with Crippen LogP contribution < -0.4 is 19.4 Å². The van der Waals surface area contributed by atoms with Gasteiger partial charge in [-0.3, -0.25) is 9.69 Å². The number of alkyl halides is 6. The predicted octanol–water partition coefficient (Wildman–Crippen LogP) is 7.11. The second kappa shape index (κ2) is 14.6. The molecule has 50 heavy (non-hydrogen) atoms. The van der Waals surface area contributed by atoms with E-state index in [1.165, 1.54) is 35.4 Å². The zero-order valence-electron chi connectivity index (χ0n) is 27.5. The lowest BCUT2D eigenvalue weighted by Gasteiger charge is -2.43. The second-order valence-electron chi connectivity index (χ2n) is 12.0. The Bertz CT molecular complexity index is 1660. The maximum absolute atomic E-state index is 13.9. The minimum Gasteiger partial charge on any atom is -0.481 e. The van der Waals surface area contributed by atoms with Gasteiger partial charge in [-0.2, -0.15) is 26.3 Å². The topological polar surface area (TPSA) is 121 Å². The number of hydrogen-bond acceptors (Lipinski definition) is 9. The first-order valence-electron chi connectivity index (χ1n) is 16.0. The van der Waals surface area contributed by atoms with E-state index in [2.05, 4.69) is 15.0 Å². The van der Waals surface area contributed by atoms with Crippen molar-refractivity contribution in [3.05, 3.63) is 65.1 Å². The van der Waals surface area contributed by atoms with Crippen LogP contribution in [-0.2, 0) is 28.4 Å². The van der Waals surface area contributed by atoms with Gasteiger partial charge in [-0.25, -0.2) is 19.7 Å². The summed E-state index contributed by atoms with van der Waals surface area (Å²) in [7, 11) is 1.38. The molecule has 4 heterocycles. The number of nitrogens with zero attached hydrogens (tertiary/aromatic N) is 6. The maximum atomic E-state index is 13.9. The van der Waals surface area contributed by atoms with E-state index in [1.807, 2.05) is 11.8 Å². The van der Waals surface area contributed by atoms with Gasteiger partial charge in [0.25, 0.3) is 0 Å². The van der Waals surface area contributed by atoms with Gasteiger partial charge in [-0.1, -0.05) is 6.92 Å². The smallest absolute Gasteiger partial charge is 0.416 e. The van der Waals surface area contributed by atoms with Crippen LogP contribution in [0.1, 0.15) is 68.0 Å². The number of carbonyl (C=O) groups is 2. The largest absolute Gasteiger partial charge is 0.481 e. The van der Waals surface area contributed by atoms with E-state index in [1.54, 1.807) is 13.0 Å². The highest BCUT2D eigenvalue weighted by atomic mass is 19.4. The summed E-state index contributed by atoms with van der Waals surface area (Å²) in [5, 5.41) is 9.53. The summed E-state index contributed by atoms with van der Waals surface area (Å²) >= 11 is 0. The van der Waals surface area contributed by atoms with Crippen LogP contribution in [-0.4, -0.2) is 65.0 Å². The van der Waals surface area contributed by atoms with Crippen LogP contribution in [0.15, 0.2) is 42.7 Å². The van der Waals surface area contributed by atoms with E-state index in [9.17, 15) is 41.0 Å². The number of halogens is 6. The van der Waals surface area contributed by atoms with E-state index in [4.69, 9.17) is 9.47 Å². The molecule has 1 fully saturated rings. The van der Waals surface area contributed by atoms with Gasteiger partial charge in [0.2, 0.25) is 11.8 Å². The Balaban J connectivity index is 1.65. The summed E-state index contributed by atoms with van der Waals surface area (Å²) in [6.45, 7) is 3.82. The first-order chi connectivity index (χ1) is 23.6. The van der Waals surface area contributed by atoms with Crippen molar-refractivity contribution in [2.24, 2.45) is 5.92 Å². The molecule has 1 aromatic carbocycles. The van der Waals surface area contributed by atoms with Crippen LogP contribution in [0.5, 0.6) is 5.88 Å². The number of aromatic nitrogens is 3. The average molecular weight is 711 g/mol. The number of ether oxygens (including phenoxy) is 2. The highest BCUT2D eigenvalue weighted by molar-refractivity contribution is 5.90. The molecule has 3 atom stereocenters. The zero-order chi connectivity index (χ0) is 36.4. The molecule has 0 saturated carbocycles. The van der Waals surface area contributed by atoms with Gasteiger partial charge >= 0.3 is 24.4 Å². The minimum atomic E-state index is -5.07. The number of fused-ring (bicyclic) bond motifs is 1. The van der Waals surface area contributed by atoms with Crippen LogP contribution in [0, 0.1) is 5.92 Å². The summed E-state index contributed by atoms with van der Waals surface area (Å²) in [6, 6.07) is 3.11. The SMILES string of the molecule is CCOC(=O)N1c2ccc(OC)nc2C(N(Cc2cc(C(F)(F)F)cc(C(F)(F)F)c2)c2ncc(N3CCCC(C(=O)O)C3)cn2)C[C@H]1CC. The molecule has 0 radical (unpaired) electrons. The molecule has 0 bridgehead atoms. The Hall–Kier alpha value is -4.83. The molecule has 3 aromatic rings. The van der Waals surface area contributed by atoms with Gasteiger partial charge in [0, 0.05) is 31.7 Å². The maximum Gasteiger partial charge on any atom is 0.416 e. The first-order valence-corrected chi connectivity index (χ1v) is 16.0. The molecular formula is C33H36F6N6O5. The fraction of sp³-hybridized carbons (Fsp3) is 0.485. The molecule has 0 aliphatic carbocycles. The van der Waals surface area contributed by atoms with E-state index in [-0.39, 0.29) is 48.7 Å². The van der Waals surface area contributed by atoms with Crippen molar-refractivity contribution in [2.75, 3.05) is 41.5 Å². The van der Waals surface area contributed by atoms with Gasteiger partial charge in [0.05, 0.1) is 66.3 Å². The number of carboxylic acid groups (broad SMARTS) is 1. The molecule has 0 spiro atoms. The highest BCUT2D eigenvalue weighted by Gasteiger charge is 2.42. The minimum absolute atomic E-state index is 0.0356. The standard InChI is InChI=1S/C33H36F6N6O5/c1-4-23-14-26(28-25(8-9-27(42-28)49-3)45(23)31(48)50-5-2)44(17-19-11-21(32(34,35)36)13-22(12-19)33(37,38)39)30-40-15-24(16-41-30)43-10-6-7-20(18-43)29(46)47/h8-9,11-13,15-16,20,23,26H,4-7,10,14,17-18H2,1-3H3,(H,46,47)/t20?,23-,26?/m1/s1. The molecule has 1 amide bonds.